The van der Waals surface area contributed by atoms with Gasteiger partial charge in [-0.2, -0.15) is 9.82 Å². The van der Waals surface area contributed by atoms with Gasteiger partial charge in [0.25, 0.3) is 10.0 Å². The Bertz CT molecular complexity index is 503. The van der Waals surface area contributed by atoms with Crippen LogP contribution in [0, 0.1) is 0 Å². The Morgan fingerprint density at radius 1 is 1.56 bits per heavy atom. The van der Waals surface area contributed by atoms with Crippen molar-refractivity contribution < 1.29 is 18.3 Å². The molecule has 0 amide bonds. The van der Waals surface area contributed by atoms with Crippen LogP contribution in [0.4, 0.5) is 0 Å². The van der Waals surface area contributed by atoms with Crippen LogP contribution in [-0.4, -0.2) is 34.8 Å². The van der Waals surface area contributed by atoms with E-state index in [1.54, 1.807) is 0 Å². The molecule has 0 radical (unpaired) electrons. The summed E-state index contributed by atoms with van der Waals surface area (Å²) in [5, 5.41) is 12.4. The average Bonchev–Trinajstić information content (AvgIpc) is 2.49. The fourth-order valence-electron chi connectivity index (χ4n) is 1.06. The quantitative estimate of drug-likeness (QED) is 0.751. The van der Waals surface area contributed by atoms with Crippen molar-refractivity contribution in [2.75, 3.05) is 0 Å². The van der Waals surface area contributed by atoms with E-state index in [2.05, 4.69) is 9.82 Å². The van der Waals surface area contributed by atoms with Crippen molar-refractivity contribution in [3.8, 4) is 0 Å². The highest BCUT2D eigenvalue weighted by Crippen LogP contribution is 2.11. The van der Waals surface area contributed by atoms with Gasteiger partial charge in [0.15, 0.2) is 5.03 Å². The maximum atomic E-state index is 11.8. The SMILES string of the molecule is Cn1nccc1S(=O)(=O)NC(C)(C)C(=O)O. The molecular formula is C8H13N3O4S. The molecule has 1 heterocycles. The standard InChI is InChI=1S/C8H13N3O4S/c1-8(2,7(12)13)10-16(14,15)6-4-5-9-11(6)3/h4-5,10H,1-3H3,(H,12,13). The smallest absolute Gasteiger partial charge is 0.324 e. The summed E-state index contributed by atoms with van der Waals surface area (Å²) in [6.45, 7) is 2.53. The summed E-state index contributed by atoms with van der Waals surface area (Å²) in [5.74, 6) is -1.25. The second kappa shape index (κ2) is 3.87. The minimum atomic E-state index is -3.88. The second-order valence-corrected chi connectivity index (χ2v) is 5.46. The molecule has 0 fully saturated rings. The van der Waals surface area contributed by atoms with Crippen LogP contribution in [0.15, 0.2) is 17.3 Å². The Kier molecular flexibility index (Phi) is 3.06. The molecule has 0 spiro atoms. The molecule has 8 heteroatoms. The van der Waals surface area contributed by atoms with Crippen molar-refractivity contribution in [2.45, 2.75) is 24.4 Å². The Morgan fingerprint density at radius 2 is 2.12 bits per heavy atom. The lowest BCUT2D eigenvalue weighted by Crippen LogP contribution is -2.49. The first-order chi connectivity index (χ1) is 7.17. The van der Waals surface area contributed by atoms with Crippen molar-refractivity contribution in [3.05, 3.63) is 12.3 Å². The number of carboxylic acids is 1. The molecule has 1 aromatic rings. The number of carboxylic acid groups (broad SMARTS) is 1. The lowest BCUT2D eigenvalue weighted by Gasteiger charge is -2.20. The lowest BCUT2D eigenvalue weighted by molar-refractivity contribution is -0.142. The van der Waals surface area contributed by atoms with Crippen LogP contribution in [0.5, 0.6) is 0 Å². The second-order valence-electron chi connectivity index (χ2n) is 3.83. The summed E-state index contributed by atoms with van der Waals surface area (Å²) in [6.07, 6.45) is 1.32. The van der Waals surface area contributed by atoms with E-state index in [1.807, 2.05) is 0 Å². The molecule has 16 heavy (non-hydrogen) atoms. The molecule has 0 saturated carbocycles. The molecule has 0 atom stereocenters. The van der Waals surface area contributed by atoms with Gasteiger partial charge in [-0.3, -0.25) is 9.48 Å². The molecule has 2 N–H and O–H groups in total. The van der Waals surface area contributed by atoms with Crippen LogP contribution in [0.2, 0.25) is 0 Å². The largest absolute Gasteiger partial charge is 0.480 e. The minimum absolute atomic E-state index is 0.0816. The van der Waals surface area contributed by atoms with E-state index >= 15 is 0 Å². The van der Waals surface area contributed by atoms with E-state index in [4.69, 9.17) is 5.11 Å². The van der Waals surface area contributed by atoms with E-state index < -0.39 is 21.5 Å². The summed E-state index contributed by atoms with van der Waals surface area (Å²) in [6, 6.07) is 1.29. The normalized spacial score (nSPS) is 12.7. The molecule has 0 aliphatic carbocycles. The number of hydrogen-bond donors (Lipinski definition) is 2. The fraction of sp³-hybridized carbons (Fsp3) is 0.500. The predicted molar refractivity (Wildman–Crippen MR) is 55.2 cm³/mol. The van der Waals surface area contributed by atoms with Crippen LogP contribution in [-0.2, 0) is 21.9 Å². The number of aliphatic carboxylic acids is 1. The van der Waals surface area contributed by atoms with Gasteiger partial charge in [0.2, 0.25) is 0 Å². The van der Waals surface area contributed by atoms with Crippen molar-refractivity contribution in [2.24, 2.45) is 7.05 Å². The lowest BCUT2D eigenvalue weighted by atomic mass is 10.1. The van der Waals surface area contributed by atoms with Gasteiger partial charge in [-0.05, 0) is 19.9 Å². The molecule has 0 aromatic carbocycles. The molecule has 1 aromatic heterocycles. The zero-order valence-electron chi connectivity index (χ0n) is 9.13. The minimum Gasteiger partial charge on any atom is -0.480 e. The summed E-state index contributed by atoms with van der Waals surface area (Å²) >= 11 is 0. The molecule has 1 rings (SSSR count). The molecule has 0 saturated heterocycles. The van der Waals surface area contributed by atoms with E-state index in [0.717, 1.165) is 4.68 Å². The highest BCUT2D eigenvalue weighted by molar-refractivity contribution is 7.89. The summed E-state index contributed by atoms with van der Waals surface area (Å²) in [7, 11) is -2.42. The first-order valence-corrected chi connectivity index (χ1v) is 5.90. The van der Waals surface area contributed by atoms with Gasteiger partial charge in [0, 0.05) is 7.05 Å². The first kappa shape index (κ1) is 12.7. The fourth-order valence-corrected chi connectivity index (χ4v) is 2.56. The Balaban J connectivity index is 3.07. The van der Waals surface area contributed by atoms with E-state index in [1.165, 1.54) is 33.2 Å². The summed E-state index contributed by atoms with van der Waals surface area (Å²) < 4.78 is 26.8. The number of sulfonamides is 1. The highest BCUT2D eigenvalue weighted by atomic mass is 32.2. The Hall–Kier alpha value is -1.41. The third kappa shape index (κ3) is 2.39. The Labute approximate surface area is 93.1 Å². The number of nitrogens with one attached hydrogen (secondary N) is 1. The van der Waals surface area contributed by atoms with Crippen LogP contribution in [0.3, 0.4) is 0 Å². The van der Waals surface area contributed by atoms with Crippen LogP contribution in [0.25, 0.3) is 0 Å². The van der Waals surface area contributed by atoms with Gasteiger partial charge in [-0.1, -0.05) is 0 Å². The number of nitrogens with zero attached hydrogens (tertiary/aromatic N) is 2. The van der Waals surface area contributed by atoms with E-state index in [-0.39, 0.29) is 5.03 Å². The zero-order valence-corrected chi connectivity index (χ0v) is 9.95. The molecule has 7 nitrogen and oxygen atoms in total. The van der Waals surface area contributed by atoms with Gasteiger partial charge < -0.3 is 5.11 Å². The molecule has 0 aliphatic rings. The van der Waals surface area contributed by atoms with Crippen molar-refractivity contribution in [1.29, 1.82) is 0 Å². The number of carbonyl (C=O) groups is 1. The molecule has 0 unspecified atom stereocenters. The molecular weight excluding hydrogens is 234 g/mol. The number of aryl methyl sites for hydroxylation is 1. The van der Waals surface area contributed by atoms with Gasteiger partial charge in [0.1, 0.15) is 5.54 Å². The predicted octanol–water partition coefficient (Wildman–Crippen LogP) is -0.438. The average molecular weight is 247 g/mol. The van der Waals surface area contributed by atoms with Gasteiger partial charge in [-0.25, -0.2) is 8.42 Å². The van der Waals surface area contributed by atoms with Crippen molar-refractivity contribution in [1.82, 2.24) is 14.5 Å². The topological polar surface area (TPSA) is 101 Å². The third-order valence-electron chi connectivity index (χ3n) is 1.98. The highest BCUT2D eigenvalue weighted by Gasteiger charge is 2.34. The van der Waals surface area contributed by atoms with E-state index in [9.17, 15) is 13.2 Å². The summed E-state index contributed by atoms with van der Waals surface area (Å²) in [5.41, 5.74) is -1.57. The van der Waals surface area contributed by atoms with E-state index in [0.29, 0.717) is 0 Å². The Morgan fingerprint density at radius 3 is 2.50 bits per heavy atom. The van der Waals surface area contributed by atoms with Crippen molar-refractivity contribution in [3.63, 3.8) is 0 Å². The molecule has 0 aliphatic heterocycles. The third-order valence-corrected chi connectivity index (χ3v) is 3.71. The van der Waals surface area contributed by atoms with Gasteiger partial charge in [-0.15, -0.1) is 0 Å². The number of rotatable bonds is 4. The van der Waals surface area contributed by atoms with Crippen LogP contribution in [0.1, 0.15) is 13.8 Å². The van der Waals surface area contributed by atoms with Crippen LogP contribution < -0.4 is 4.72 Å². The first-order valence-electron chi connectivity index (χ1n) is 4.42. The maximum Gasteiger partial charge on any atom is 0.324 e. The maximum absolute atomic E-state index is 11.8. The molecule has 90 valence electrons. The number of aromatic nitrogens is 2. The monoisotopic (exact) mass is 247 g/mol. The summed E-state index contributed by atoms with van der Waals surface area (Å²) in [4.78, 5) is 10.8. The zero-order chi connectivity index (χ0) is 12.6. The van der Waals surface area contributed by atoms with Gasteiger partial charge >= 0.3 is 5.97 Å². The van der Waals surface area contributed by atoms with Crippen LogP contribution >= 0.6 is 0 Å². The van der Waals surface area contributed by atoms with Gasteiger partial charge in [0.05, 0.1) is 6.20 Å². The molecule has 0 bridgehead atoms. The van der Waals surface area contributed by atoms with Crippen molar-refractivity contribution >= 4 is 16.0 Å². The number of hydrogen-bond acceptors (Lipinski definition) is 4.